The van der Waals surface area contributed by atoms with Crippen molar-refractivity contribution in [3.05, 3.63) is 65.2 Å². The van der Waals surface area contributed by atoms with Gasteiger partial charge < -0.3 is 5.73 Å². The monoisotopic (exact) mass is 352 g/mol. The van der Waals surface area contributed by atoms with Crippen LogP contribution >= 0.6 is 0 Å². The van der Waals surface area contributed by atoms with Crippen molar-refractivity contribution in [3.8, 4) is 0 Å². The Bertz CT molecular complexity index is 915. The Morgan fingerprint density at radius 1 is 1.12 bits per heavy atom. The van der Waals surface area contributed by atoms with E-state index in [-0.39, 0.29) is 13.0 Å². The number of carbonyl (C=O) groups is 1. The molecule has 0 bridgehead atoms. The lowest BCUT2D eigenvalue weighted by atomic mass is 9.96. The Morgan fingerprint density at radius 3 is 2.42 bits per heavy atom. The number of halogens is 2. The summed E-state index contributed by atoms with van der Waals surface area (Å²) >= 11 is 0. The normalized spacial score (nSPS) is 18.2. The quantitative estimate of drug-likeness (QED) is 0.910. The number of rotatable bonds is 3. The fourth-order valence-electron chi connectivity index (χ4n) is 2.80. The van der Waals surface area contributed by atoms with Crippen LogP contribution in [0.5, 0.6) is 0 Å². The zero-order valence-electron chi connectivity index (χ0n) is 12.4. The Hall–Kier alpha value is -2.32. The predicted molar refractivity (Wildman–Crippen MR) is 82.2 cm³/mol. The highest BCUT2D eigenvalue weighted by atomic mass is 32.2. The number of nitrogens with two attached hydrogens (primary N) is 1. The lowest BCUT2D eigenvalue weighted by Crippen LogP contribution is -2.51. The minimum atomic E-state index is -4.36. The van der Waals surface area contributed by atoms with Gasteiger partial charge in [-0.1, -0.05) is 24.3 Å². The summed E-state index contributed by atoms with van der Waals surface area (Å²) in [4.78, 5) is 11.1. The summed E-state index contributed by atoms with van der Waals surface area (Å²) in [5, 5.41) is 0. The summed E-state index contributed by atoms with van der Waals surface area (Å²) in [6.07, 6.45) is 0.105. The van der Waals surface area contributed by atoms with Gasteiger partial charge in [0.1, 0.15) is 22.6 Å². The summed E-state index contributed by atoms with van der Waals surface area (Å²) in [6, 6.07) is 8.10. The molecule has 0 radical (unpaired) electrons. The van der Waals surface area contributed by atoms with Gasteiger partial charge in [-0.25, -0.2) is 17.2 Å². The second-order valence-corrected chi connectivity index (χ2v) is 7.37. The molecule has 8 heteroatoms. The molecule has 1 atom stereocenters. The van der Waals surface area contributed by atoms with Crippen LogP contribution in [-0.2, 0) is 27.8 Å². The largest absolute Gasteiger partial charge is 0.368 e. The molecule has 1 amide bonds. The number of primary amides is 1. The topological polar surface area (TPSA) is 80.5 Å². The number of amides is 1. The molecule has 126 valence electrons. The molecule has 0 spiro atoms. The maximum absolute atomic E-state index is 14.0. The first-order valence-corrected chi connectivity index (χ1v) is 8.57. The van der Waals surface area contributed by atoms with Crippen LogP contribution in [0.4, 0.5) is 8.78 Å². The molecule has 0 aliphatic carbocycles. The van der Waals surface area contributed by atoms with Crippen LogP contribution in [0.25, 0.3) is 0 Å². The minimum Gasteiger partial charge on any atom is -0.368 e. The van der Waals surface area contributed by atoms with Crippen molar-refractivity contribution >= 4 is 15.9 Å². The van der Waals surface area contributed by atoms with Crippen LogP contribution in [0.1, 0.15) is 11.1 Å². The van der Waals surface area contributed by atoms with Crippen LogP contribution in [0, 0.1) is 11.6 Å². The number of benzene rings is 2. The molecule has 2 N–H and O–H groups in total. The van der Waals surface area contributed by atoms with Gasteiger partial charge in [0.05, 0.1) is 0 Å². The fourth-order valence-corrected chi connectivity index (χ4v) is 4.43. The molecular formula is C16H14F2N2O3S. The van der Waals surface area contributed by atoms with E-state index >= 15 is 0 Å². The standard InChI is InChI=1S/C16H14F2N2O3S/c17-12-5-6-15(13(18)8-12)24(22,23)20-9-11-4-2-1-3-10(11)7-14(20)16(19)21/h1-6,8,14H,7,9H2,(H2,19,21)/t14-/m0/s1. The molecule has 0 aromatic heterocycles. The first-order valence-electron chi connectivity index (χ1n) is 7.13. The third-order valence-corrected chi connectivity index (χ3v) is 5.90. The fraction of sp³-hybridized carbons (Fsp3) is 0.188. The van der Waals surface area contributed by atoms with Gasteiger partial charge in [-0.05, 0) is 29.7 Å². The number of fused-ring (bicyclic) bond motifs is 1. The van der Waals surface area contributed by atoms with Crippen LogP contribution in [0.2, 0.25) is 0 Å². The zero-order chi connectivity index (χ0) is 17.5. The molecule has 0 saturated heterocycles. The van der Waals surface area contributed by atoms with Gasteiger partial charge in [0.2, 0.25) is 15.9 Å². The Morgan fingerprint density at radius 2 is 1.79 bits per heavy atom. The summed E-state index contributed by atoms with van der Waals surface area (Å²) in [5.74, 6) is -2.92. The lowest BCUT2D eigenvalue weighted by molar-refractivity contribution is -0.122. The molecule has 1 heterocycles. The summed E-state index contributed by atoms with van der Waals surface area (Å²) in [6.45, 7) is -0.108. The summed E-state index contributed by atoms with van der Waals surface area (Å²) in [7, 11) is -4.36. The van der Waals surface area contributed by atoms with Gasteiger partial charge >= 0.3 is 0 Å². The van der Waals surface area contributed by atoms with E-state index < -0.39 is 38.5 Å². The second kappa shape index (κ2) is 5.95. The van der Waals surface area contributed by atoms with E-state index in [4.69, 9.17) is 5.73 Å². The second-order valence-electron chi connectivity index (χ2n) is 5.52. The van der Waals surface area contributed by atoms with Gasteiger partial charge in [0.25, 0.3) is 0 Å². The molecule has 24 heavy (non-hydrogen) atoms. The molecule has 0 fully saturated rings. The molecule has 1 aliphatic heterocycles. The van der Waals surface area contributed by atoms with Crippen molar-refractivity contribution in [1.82, 2.24) is 4.31 Å². The van der Waals surface area contributed by atoms with Gasteiger partial charge in [-0.3, -0.25) is 4.79 Å². The molecule has 2 aromatic carbocycles. The molecule has 5 nitrogen and oxygen atoms in total. The van der Waals surface area contributed by atoms with Gasteiger partial charge in [0, 0.05) is 12.6 Å². The average molecular weight is 352 g/mol. The van der Waals surface area contributed by atoms with E-state index in [1.165, 1.54) is 0 Å². The SMILES string of the molecule is NC(=O)[C@@H]1Cc2ccccc2CN1S(=O)(=O)c1ccc(F)cc1F. The first kappa shape index (κ1) is 16.5. The molecule has 3 rings (SSSR count). The number of hydrogen-bond donors (Lipinski definition) is 1. The highest BCUT2D eigenvalue weighted by molar-refractivity contribution is 7.89. The van der Waals surface area contributed by atoms with Crippen molar-refractivity contribution in [2.75, 3.05) is 0 Å². The molecule has 0 saturated carbocycles. The summed E-state index contributed by atoms with van der Waals surface area (Å²) in [5.41, 5.74) is 6.87. The molecule has 0 unspecified atom stereocenters. The van der Waals surface area contributed by atoms with E-state index in [0.717, 1.165) is 22.0 Å². The van der Waals surface area contributed by atoms with Crippen LogP contribution in [0.15, 0.2) is 47.4 Å². The number of nitrogens with zero attached hydrogens (tertiary/aromatic N) is 1. The zero-order valence-corrected chi connectivity index (χ0v) is 13.3. The van der Waals surface area contributed by atoms with Gasteiger partial charge in [-0.2, -0.15) is 4.31 Å². The van der Waals surface area contributed by atoms with Gasteiger partial charge in [-0.15, -0.1) is 0 Å². The van der Waals surface area contributed by atoms with E-state index in [0.29, 0.717) is 11.6 Å². The van der Waals surface area contributed by atoms with Crippen LogP contribution in [-0.4, -0.2) is 24.7 Å². The number of hydrogen-bond acceptors (Lipinski definition) is 3. The minimum absolute atomic E-state index is 0.105. The lowest BCUT2D eigenvalue weighted by Gasteiger charge is -2.34. The highest BCUT2D eigenvalue weighted by Gasteiger charge is 2.39. The van der Waals surface area contributed by atoms with Crippen molar-refractivity contribution in [1.29, 1.82) is 0 Å². The molecule has 1 aliphatic rings. The van der Waals surface area contributed by atoms with Crippen molar-refractivity contribution < 1.29 is 22.0 Å². The van der Waals surface area contributed by atoms with Crippen LogP contribution < -0.4 is 5.73 Å². The maximum atomic E-state index is 14.0. The van der Waals surface area contributed by atoms with E-state index in [1.807, 2.05) is 0 Å². The predicted octanol–water partition coefficient (Wildman–Crippen LogP) is 1.57. The van der Waals surface area contributed by atoms with Crippen molar-refractivity contribution in [3.63, 3.8) is 0 Å². The summed E-state index contributed by atoms with van der Waals surface area (Å²) < 4.78 is 53.5. The maximum Gasteiger partial charge on any atom is 0.247 e. The van der Waals surface area contributed by atoms with E-state index in [9.17, 15) is 22.0 Å². The number of carbonyl (C=O) groups excluding carboxylic acids is 1. The van der Waals surface area contributed by atoms with Crippen molar-refractivity contribution in [2.45, 2.75) is 23.9 Å². The third-order valence-electron chi connectivity index (χ3n) is 4.01. The molecule has 2 aromatic rings. The highest BCUT2D eigenvalue weighted by Crippen LogP contribution is 2.30. The van der Waals surface area contributed by atoms with Gasteiger partial charge in [0.15, 0.2) is 0 Å². The smallest absolute Gasteiger partial charge is 0.247 e. The Kier molecular flexibility index (Phi) is 4.10. The Labute approximate surface area is 137 Å². The number of sulfonamides is 1. The third kappa shape index (κ3) is 2.78. The van der Waals surface area contributed by atoms with Crippen molar-refractivity contribution in [2.24, 2.45) is 5.73 Å². The molecular weight excluding hydrogens is 338 g/mol. The van der Waals surface area contributed by atoms with Crippen LogP contribution in [0.3, 0.4) is 0 Å². The first-order chi connectivity index (χ1) is 11.3. The van der Waals surface area contributed by atoms with E-state index in [1.54, 1.807) is 24.3 Å². The average Bonchev–Trinajstić information content (AvgIpc) is 2.53. The van der Waals surface area contributed by atoms with E-state index in [2.05, 4.69) is 0 Å². The Balaban J connectivity index is 2.10.